The van der Waals surface area contributed by atoms with E-state index in [1.807, 2.05) is 35.9 Å². The lowest BCUT2D eigenvalue weighted by molar-refractivity contribution is 0.208. The third-order valence-corrected chi connectivity index (χ3v) is 3.62. The summed E-state index contributed by atoms with van der Waals surface area (Å²) in [6.07, 6.45) is 1.20. The van der Waals surface area contributed by atoms with Gasteiger partial charge in [-0.15, -0.1) is 0 Å². The van der Waals surface area contributed by atoms with E-state index in [0.717, 1.165) is 11.3 Å². The molecule has 0 spiro atoms. The van der Waals surface area contributed by atoms with Gasteiger partial charge < -0.3 is 26.0 Å². The fraction of sp³-hybridized carbons (Fsp3) is 0.312. The zero-order chi connectivity index (χ0) is 17.1. The Morgan fingerprint density at radius 1 is 1.25 bits per heavy atom. The van der Waals surface area contributed by atoms with Gasteiger partial charge >= 0.3 is 0 Å². The Morgan fingerprint density at radius 3 is 2.79 bits per heavy atom. The third-order valence-electron chi connectivity index (χ3n) is 3.62. The van der Waals surface area contributed by atoms with Crippen LogP contribution in [0.5, 0.6) is 0 Å². The molecule has 0 amide bonds. The number of nitrogens with two attached hydrogens (primary N) is 1. The molecule has 0 saturated heterocycles. The Balaban J connectivity index is 1.89. The highest BCUT2D eigenvalue weighted by Gasteiger charge is 2.12. The van der Waals surface area contributed by atoms with Gasteiger partial charge in [0.2, 0.25) is 5.95 Å². The van der Waals surface area contributed by atoms with Crippen molar-refractivity contribution >= 4 is 28.6 Å². The summed E-state index contributed by atoms with van der Waals surface area (Å²) in [5.74, 6) is 1.06. The molecule has 1 atom stereocenters. The lowest BCUT2D eigenvalue weighted by atomic mass is 10.2. The fourth-order valence-corrected chi connectivity index (χ4v) is 2.32. The summed E-state index contributed by atoms with van der Waals surface area (Å²) in [4.78, 5) is 13.3. The molecule has 8 heteroatoms. The van der Waals surface area contributed by atoms with Crippen LogP contribution in [0, 0.1) is 0 Å². The van der Waals surface area contributed by atoms with Crippen LogP contribution in [0.25, 0.3) is 11.2 Å². The summed E-state index contributed by atoms with van der Waals surface area (Å²) in [5, 5.41) is 15.7. The van der Waals surface area contributed by atoms with Gasteiger partial charge in [0.25, 0.3) is 0 Å². The SMILES string of the molecule is CC(O)CNc1nc(NCc2ccccc2N)c2ncn(C)c2n1. The number of aliphatic hydroxyl groups excluding tert-OH is 1. The predicted octanol–water partition coefficient (Wildman–Crippen LogP) is 1.35. The summed E-state index contributed by atoms with van der Waals surface area (Å²) >= 11 is 0. The first-order valence-electron chi connectivity index (χ1n) is 7.73. The van der Waals surface area contributed by atoms with Gasteiger partial charge in [0.1, 0.15) is 0 Å². The standard InChI is InChI=1S/C16H21N7O/c1-10(24)7-19-16-21-14(13-15(22-16)23(2)9-20-13)18-8-11-5-3-4-6-12(11)17/h3-6,9-10,24H,7-8,17H2,1-2H3,(H2,18,19,21,22). The van der Waals surface area contributed by atoms with Crippen molar-refractivity contribution in [3.63, 3.8) is 0 Å². The highest BCUT2D eigenvalue weighted by Crippen LogP contribution is 2.21. The highest BCUT2D eigenvalue weighted by molar-refractivity contribution is 5.84. The third kappa shape index (κ3) is 3.38. The van der Waals surface area contributed by atoms with Crippen molar-refractivity contribution in [2.75, 3.05) is 22.9 Å². The van der Waals surface area contributed by atoms with Crippen molar-refractivity contribution in [3.8, 4) is 0 Å². The number of hydrogen-bond donors (Lipinski definition) is 4. The summed E-state index contributed by atoms with van der Waals surface area (Å²) in [6.45, 7) is 2.60. The number of aromatic nitrogens is 4. The van der Waals surface area contributed by atoms with Crippen LogP contribution in [0.3, 0.4) is 0 Å². The van der Waals surface area contributed by atoms with E-state index < -0.39 is 6.10 Å². The zero-order valence-electron chi connectivity index (χ0n) is 13.7. The van der Waals surface area contributed by atoms with Gasteiger partial charge in [0.05, 0.1) is 12.4 Å². The summed E-state index contributed by atoms with van der Waals surface area (Å²) in [5.41, 5.74) is 9.09. The Bertz CT molecular complexity index is 844. The molecule has 0 aliphatic rings. The number of imidazole rings is 1. The summed E-state index contributed by atoms with van der Waals surface area (Å²) in [7, 11) is 1.87. The molecule has 8 nitrogen and oxygen atoms in total. The lowest BCUT2D eigenvalue weighted by Gasteiger charge is -2.11. The van der Waals surface area contributed by atoms with Gasteiger partial charge in [0, 0.05) is 25.8 Å². The maximum absolute atomic E-state index is 9.43. The van der Waals surface area contributed by atoms with E-state index in [0.29, 0.717) is 36.0 Å². The average molecular weight is 327 g/mol. The maximum atomic E-state index is 9.43. The molecule has 0 saturated carbocycles. The maximum Gasteiger partial charge on any atom is 0.226 e. The first-order chi connectivity index (χ1) is 11.5. The number of nitrogens with one attached hydrogen (secondary N) is 2. The quantitative estimate of drug-likeness (QED) is 0.505. The summed E-state index contributed by atoms with van der Waals surface area (Å²) < 4.78 is 1.83. The van der Waals surface area contributed by atoms with E-state index in [1.165, 1.54) is 0 Å². The highest BCUT2D eigenvalue weighted by atomic mass is 16.3. The second kappa shape index (κ2) is 6.71. The minimum Gasteiger partial charge on any atom is -0.398 e. The van der Waals surface area contributed by atoms with Gasteiger partial charge in [-0.25, -0.2) is 4.98 Å². The molecule has 2 heterocycles. The molecule has 0 aliphatic heterocycles. The smallest absolute Gasteiger partial charge is 0.226 e. The molecule has 126 valence electrons. The molecule has 0 bridgehead atoms. The number of para-hydroxylation sites is 1. The molecule has 2 aromatic heterocycles. The number of nitrogen functional groups attached to an aromatic ring is 1. The number of anilines is 3. The van der Waals surface area contributed by atoms with Gasteiger partial charge in [-0.05, 0) is 18.6 Å². The van der Waals surface area contributed by atoms with E-state index in [1.54, 1.807) is 13.3 Å². The fourth-order valence-electron chi connectivity index (χ4n) is 2.32. The number of aliphatic hydroxyl groups is 1. The molecule has 24 heavy (non-hydrogen) atoms. The van der Waals surface area contributed by atoms with Crippen LogP contribution in [0.2, 0.25) is 0 Å². The largest absolute Gasteiger partial charge is 0.398 e. The number of hydrogen-bond acceptors (Lipinski definition) is 7. The molecule has 3 rings (SSSR count). The van der Waals surface area contributed by atoms with Gasteiger partial charge in [-0.2, -0.15) is 9.97 Å². The molecule has 0 fully saturated rings. The minimum absolute atomic E-state index is 0.369. The van der Waals surface area contributed by atoms with Crippen molar-refractivity contribution in [1.29, 1.82) is 0 Å². The van der Waals surface area contributed by atoms with Gasteiger partial charge in [0.15, 0.2) is 17.0 Å². The van der Waals surface area contributed by atoms with E-state index in [-0.39, 0.29) is 0 Å². The molecule has 5 N–H and O–H groups in total. The van der Waals surface area contributed by atoms with E-state index in [4.69, 9.17) is 5.73 Å². The van der Waals surface area contributed by atoms with Crippen LogP contribution < -0.4 is 16.4 Å². The van der Waals surface area contributed by atoms with Crippen molar-refractivity contribution in [1.82, 2.24) is 19.5 Å². The van der Waals surface area contributed by atoms with Crippen molar-refractivity contribution in [2.45, 2.75) is 19.6 Å². The lowest BCUT2D eigenvalue weighted by Crippen LogP contribution is -2.17. The van der Waals surface area contributed by atoms with Crippen molar-refractivity contribution in [3.05, 3.63) is 36.2 Å². The Morgan fingerprint density at radius 2 is 2.04 bits per heavy atom. The molecular weight excluding hydrogens is 306 g/mol. The van der Waals surface area contributed by atoms with Crippen LogP contribution in [0.1, 0.15) is 12.5 Å². The monoisotopic (exact) mass is 327 g/mol. The molecule has 3 aromatic rings. The van der Waals surface area contributed by atoms with E-state index >= 15 is 0 Å². The Hall–Kier alpha value is -2.87. The second-order valence-electron chi connectivity index (χ2n) is 5.71. The first kappa shape index (κ1) is 16.0. The van der Waals surface area contributed by atoms with Crippen LogP contribution in [-0.2, 0) is 13.6 Å². The molecular formula is C16H21N7O. The molecule has 0 radical (unpaired) electrons. The summed E-state index contributed by atoms with van der Waals surface area (Å²) in [6, 6.07) is 7.67. The number of fused-ring (bicyclic) bond motifs is 1. The number of aryl methyl sites for hydroxylation is 1. The van der Waals surface area contributed by atoms with Crippen molar-refractivity contribution in [2.24, 2.45) is 7.05 Å². The van der Waals surface area contributed by atoms with Crippen LogP contribution in [-0.4, -0.2) is 37.3 Å². The molecule has 1 unspecified atom stereocenters. The number of benzene rings is 1. The van der Waals surface area contributed by atoms with Crippen LogP contribution in [0.4, 0.5) is 17.5 Å². The molecule has 1 aromatic carbocycles. The minimum atomic E-state index is -0.489. The predicted molar refractivity (Wildman–Crippen MR) is 94.7 cm³/mol. The second-order valence-corrected chi connectivity index (χ2v) is 5.71. The Kier molecular flexibility index (Phi) is 4.48. The zero-order valence-corrected chi connectivity index (χ0v) is 13.7. The topological polar surface area (TPSA) is 114 Å². The number of nitrogens with zero attached hydrogens (tertiary/aromatic N) is 4. The van der Waals surface area contributed by atoms with Gasteiger partial charge in [-0.1, -0.05) is 18.2 Å². The van der Waals surface area contributed by atoms with E-state index in [9.17, 15) is 5.11 Å². The molecule has 0 aliphatic carbocycles. The van der Waals surface area contributed by atoms with Crippen LogP contribution >= 0.6 is 0 Å². The average Bonchev–Trinajstić information content (AvgIpc) is 2.93. The van der Waals surface area contributed by atoms with E-state index in [2.05, 4.69) is 25.6 Å². The van der Waals surface area contributed by atoms with Crippen LogP contribution in [0.15, 0.2) is 30.6 Å². The van der Waals surface area contributed by atoms with Gasteiger partial charge in [-0.3, -0.25) is 0 Å². The Labute approximate surface area is 139 Å². The first-order valence-corrected chi connectivity index (χ1v) is 7.73. The van der Waals surface area contributed by atoms with Crippen molar-refractivity contribution < 1.29 is 5.11 Å². The number of rotatable bonds is 6. The normalized spacial score (nSPS) is 12.3.